The van der Waals surface area contributed by atoms with Crippen LogP contribution in [0, 0.1) is 5.82 Å². The zero-order valence-corrected chi connectivity index (χ0v) is 18.4. The minimum atomic E-state index is -0.490. The highest BCUT2D eigenvalue weighted by Gasteiger charge is 2.24. The number of nitrogens with one attached hydrogen (secondary N) is 1. The van der Waals surface area contributed by atoms with Gasteiger partial charge in [-0.2, -0.15) is 4.98 Å². The fraction of sp³-hybridized carbons (Fsp3) is 0.261. The number of hydrogen-bond acceptors (Lipinski definition) is 5. The number of nitrogens with two attached hydrogens (primary N) is 1. The number of halogens is 2. The van der Waals surface area contributed by atoms with Crippen LogP contribution in [0.25, 0.3) is 22.3 Å². The van der Waals surface area contributed by atoms with E-state index in [9.17, 15) is 4.39 Å². The molecule has 0 bridgehead atoms. The third-order valence-electron chi connectivity index (χ3n) is 4.94. The number of hydrogen-bond donors (Lipinski definition) is 2. The molecular formula is C23H24ClFN6. The highest BCUT2D eigenvalue weighted by molar-refractivity contribution is 6.31. The molecule has 3 N–H and O–H groups in total. The van der Waals surface area contributed by atoms with Gasteiger partial charge in [0, 0.05) is 12.1 Å². The largest absolute Gasteiger partial charge is 0.383 e. The Hall–Kier alpha value is -3.19. The van der Waals surface area contributed by atoms with Crippen molar-refractivity contribution in [3.05, 3.63) is 64.9 Å². The summed E-state index contributed by atoms with van der Waals surface area (Å²) in [6, 6.07) is 14.6. The highest BCUT2D eigenvalue weighted by atomic mass is 35.5. The molecule has 0 unspecified atom stereocenters. The van der Waals surface area contributed by atoms with Gasteiger partial charge in [-0.25, -0.2) is 14.1 Å². The molecule has 4 rings (SSSR count). The molecule has 2 heterocycles. The van der Waals surface area contributed by atoms with Gasteiger partial charge in [0.2, 0.25) is 5.95 Å². The van der Waals surface area contributed by atoms with E-state index in [0.29, 0.717) is 40.6 Å². The van der Waals surface area contributed by atoms with E-state index in [0.717, 1.165) is 6.42 Å². The first kappa shape index (κ1) is 21.1. The molecule has 0 saturated heterocycles. The van der Waals surface area contributed by atoms with Crippen LogP contribution in [0.3, 0.4) is 0 Å². The van der Waals surface area contributed by atoms with Crippen LogP contribution in [0.2, 0.25) is 5.02 Å². The van der Waals surface area contributed by atoms with Crippen molar-refractivity contribution in [3.8, 4) is 11.3 Å². The standard InChI is InChI=1S/C23H24ClFN6/c1-23(2,3)31-20(26)18-19(15-9-10-17(25)16(24)13-15)28-22(29-21(18)30-31)27-12-11-14-7-5-4-6-8-14/h4-10,13H,11-12,26H2,1-3H3,(H,27,29,30). The van der Waals surface area contributed by atoms with Crippen molar-refractivity contribution in [3.63, 3.8) is 0 Å². The van der Waals surface area contributed by atoms with Crippen molar-refractivity contribution in [1.29, 1.82) is 0 Å². The lowest BCUT2D eigenvalue weighted by Gasteiger charge is -2.20. The van der Waals surface area contributed by atoms with E-state index >= 15 is 0 Å². The molecule has 4 aromatic rings. The van der Waals surface area contributed by atoms with E-state index < -0.39 is 5.82 Å². The molecule has 160 valence electrons. The topological polar surface area (TPSA) is 81.7 Å². The molecule has 6 nitrogen and oxygen atoms in total. The van der Waals surface area contributed by atoms with E-state index in [1.165, 1.54) is 11.6 Å². The molecule has 0 amide bonds. The first-order valence-corrected chi connectivity index (χ1v) is 10.4. The van der Waals surface area contributed by atoms with Gasteiger partial charge in [0.05, 0.1) is 21.6 Å². The van der Waals surface area contributed by atoms with Gasteiger partial charge in [0.15, 0.2) is 5.65 Å². The number of benzene rings is 2. The summed E-state index contributed by atoms with van der Waals surface area (Å²) in [6.45, 7) is 6.68. The molecule has 0 aliphatic carbocycles. The second-order valence-electron chi connectivity index (χ2n) is 8.35. The smallest absolute Gasteiger partial charge is 0.225 e. The normalized spacial score (nSPS) is 11.8. The van der Waals surface area contributed by atoms with Crippen LogP contribution in [0.1, 0.15) is 26.3 Å². The number of nitrogen functional groups attached to an aromatic ring is 1. The molecule has 0 radical (unpaired) electrons. The average Bonchev–Trinajstić information content (AvgIpc) is 3.07. The molecule has 0 fully saturated rings. The fourth-order valence-corrected chi connectivity index (χ4v) is 3.60. The molecule has 8 heteroatoms. The minimum absolute atomic E-state index is 0.0182. The van der Waals surface area contributed by atoms with Crippen molar-refractivity contribution in [2.45, 2.75) is 32.7 Å². The van der Waals surface area contributed by atoms with Crippen molar-refractivity contribution in [1.82, 2.24) is 19.7 Å². The van der Waals surface area contributed by atoms with Crippen LogP contribution in [0.5, 0.6) is 0 Å². The number of nitrogens with zero attached hydrogens (tertiary/aromatic N) is 4. The van der Waals surface area contributed by atoms with E-state index in [2.05, 4.69) is 27.5 Å². The van der Waals surface area contributed by atoms with Gasteiger partial charge in [-0.1, -0.05) is 41.9 Å². The average molecular weight is 439 g/mol. The van der Waals surface area contributed by atoms with Crippen LogP contribution >= 0.6 is 11.6 Å². The number of anilines is 2. The Kier molecular flexibility index (Phi) is 5.54. The zero-order valence-electron chi connectivity index (χ0n) is 17.7. The van der Waals surface area contributed by atoms with Crippen molar-refractivity contribution < 1.29 is 4.39 Å². The maximum Gasteiger partial charge on any atom is 0.225 e. The van der Waals surface area contributed by atoms with Gasteiger partial charge >= 0.3 is 0 Å². The maximum absolute atomic E-state index is 13.8. The first-order valence-electron chi connectivity index (χ1n) is 10.0. The molecule has 0 spiro atoms. The summed E-state index contributed by atoms with van der Waals surface area (Å²) in [5, 5.41) is 8.53. The molecule has 0 atom stereocenters. The summed E-state index contributed by atoms with van der Waals surface area (Å²) >= 11 is 6.04. The Balaban J connectivity index is 1.78. The molecule has 2 aromatic heterocycles. The lowest BCUT2D eigenvalue weighted by molar-refractivity contribution is 0.364. The van der Waals surface area contributed by atoms with Crippen molar-refractivity contribution in [2.24, 2.45) is 0 Å². The van der Waals surface area contributed by atoms with Crippen LogP contribution in [0.15, 0.2) is 48.5 Å². The van der Waals surface area contributed by atoms with Crippen LogP contribution in [-0.2, 0) is 12.0 Å². The Bertz CT molecular complexity index is 1230. The summed E-state index contributed by atoms with van der Waals surface area (Å²) in [5.74, 6) is 0.390. The van der Waals surface area contributed by atoms with Gasteiger partial charge < -0.3 is 11.1 Å². The van der Waals surface area contributed by atoms with Crippen LogP contribution in [0.4, 0.5) is 16.2 Å². The molecule has 0 aliphatic rings. The van der Waals surface area contributed by atoms with Crippen molar-refractivity contribution >= 4 is 34.4 Å². The molecule has 2 aromatic carbocycles. The third-order valence-corrected chi connectivity index (χ3v) is 5.23. The predicted octanol–water partition coefficient (Wildman–Crippen LogP) is 5.28. The Morgan fingerprint density at radius 1 is 1.10 bits per heavy atom. The molecule has 0 saturated carbocycles. The van der Waals surface area contributed by atoms with Gasteiger partial charge in [0.25, 0.3) is 0 Å². The maximum atomic E-state index is 13.8. The summed E-state index contributed by atoms with van der Waals surface area (Å²) in [6.07, 6.45) is 0.818. The molecule has 31 heavy (non-hydrogen) atoms. The lowest BCUT2D eigenvalue weighted by atomic mass is 10.1. The summed E-state index contributed by atoms with van der Waals surface area (Å²) in [5.41, 5.74) is 8.99. The van der Waals surface area contributed by atoms with E-state index in [1.54, 1.807) is 16.8 Å². The predicted molar refractivity (Wildman–Crippen MR) is 124 cm³/mol. The Labute approximate surface area is 185 Å². The van der Waals surface area contributed by atoms with E-state index in [-0.39, 0.29) is 10.6 Å². The second kappa shape index (κ2) is 8.15. The summed E-state index contributed by atoms with van der Waals surface area (Å²) in [7, 11) is 0. The number of rotatable bonds is 5. The van der Waals surface area contributed by atoms with E-state index in [4.69, 9.17) is 22.3 Å². The van der Waals surface area contributed by atoms with Gasteiger partial charge in [-0.05, 0) is 51.0 Å². The lowest BCUT2D eigenvalue weighted by Crippen LogP contribution is -2.24. The van der Waals surface area contributed by atoms with Gasteiger partial charge in [-0.3, -0.25) is 0 Å². The summed E-state index contributed by atoms with van der Waals surface area (Å²) < 4.78 is 15.5. The van der Waals surface area contributed by atoms with Gasteiger partial charge in [0.1, 0.15) is 11.6 Å². The SMILES string of the molecule is CC(C)(C)n1nc2nc(NCCc3ccccc3)nc(-c3ccc(F)c(Cl)c3)c2c1N. The monoisotopic (exact) mass is 438 g/mol. The first-order chi connectivity index (χ1) is 14.7. The Morgan fingerprint density at radius 3 is 2.52 bits per heavy atom. The molecule has 0 aliphatic heterocycles. The summed E-state index contributed by atoms with van der Waals surface area (Å²) in [4.78, 5) is 9.28. The Morgan fingerprint density at radius 2 is 1.84 bits per heavy atom. The fourth-order valence-electron chi connectivity index (χ4n) is 3.42. The third kappa shape index (κ3) is 4.32. The quantitative estimate of drug-likeness (QED) is 0.443. The molecular weight excluding hydrogens is 415 g/mol. The number of fused-ring (bicyclic) bond motifs is 1. The van der Waals surface area contributed by atoms with Crippen LogP contribution in [-0.4, -0.2) is 26.3 Å². The minimum Gasteiger partial charge on any atom is -0.383 e. The van der Waals surface area contributed by atoms with Crippen LogP contribution < -0.4 is 11.1 Å². The van der Waals surface area contributed by atoms with Gasteiger partial charge in [-0.15, -0.1) is 5.10 Å². The van der Waals surface area contributed by atoms with E-state index in [1.807, 2.05) is 39.0 Å². The van der Waals surface area contributed by atoms with Crippen molar-refractivity contribution in [2.75, 3.05) is 17.6 Å². The highest BCUT2D eigenvalue weighted by Crippen LogP contribution is 2.35. The zero-order chi connectivity index (χ0) is 22.2. The number of aromatic nitrogens is 4. The second-order valence-corrected chi connectivity index (χ2v) is 8.76.